The van der Waals surface area contributed by atoms with Crippen molar-refractivity contribution in [2.45, 2.75) is 11.4 Å². The van der Waals surface area contributed by atoms with Crippen molar-refractivity contribution in [1.82, 2.24) is 5.32 Å². The Balaban J connectivity index is 1.54. The SMILES string of the molecule is NS(=O)(=O)c1ccc(N=Cc2ccc(CNC(=O)C(=O)Nc3cc(Cl)cc(Cl)c3)o2)cc1. The van der Waals surface area contributed by atoms with Crippen molar-refractivity contribution in [1.29, 1.82) is 0 Å². The second-order valence-electron chi connectivity index (χ2n) is 6.40. The van der Waals surface area contributed by atoms with Gasteiger partial charge in [-0.05, 0) is 54.6 Å². The minimum Gasteiger partial charge on any atom is -0.458 e. The van der Waals surface area contributed by atoms with E-state index in [-0.39, 0.29) is 17.1 Å². The van der Waals surface area contributed by atoms with Gasteiger partial charge in [-0.25, -0.2) is 13.6 Å². The van der Waals surface area contributed by atoms with E-state index in [0.717, 1.165) is 0 Å². The molecule has 9 nitrogen and oxygen atoms in total. The highest BCUT2D eigenvalue weighted by atomic mass is 35.5. The summed E-state index contributed by atoms with van der Waals surface area (Å²) in [7, 11) is -3.77. The Bertz CT molecular complexity index is 1270. The number of benzene rings is 2. The van der Waals surface area contributed by atoms with Gasteiger partial charge < -0.3 is 15.1 Å². The number of primary sulfonamides is 1. The maximum absolute atomic E-state index is 12.0. The van der Waals surface area contributed by atoms with Gasteiger partial charge in [0.2, 0.25) is 10.0 Å². The molecule has 0 saturated heterocycles. The normalized spacial score (nSPS) is 11.5. The van der Waals surface area contributed by atoms with Crippen molar-refractivity contribution in [2.75, 3.05) is 5.32 Å². The quantitative estimate of drug-likeness (QED) is 0.355. The number of sulfonamides is 1. The smallest absolute Gasteiger partial charge is 0.313 e. The third kappa shape index (κ3) is 6.66. The molecule has 166 valence electrons. The summed E-state index contributed by atoms with van der Waals surface area (Å²) in [5.41, 5.74) is 0.776. The van der Waals surface area contributed by atoms with Crippen LogP contribution in [0, 0.1) is 0 Å². The molecule has 3 aromatic rings. The summed E-state index contributed by atoms with van der Waals surface area (Å²) in [6, 6.07) is 13.3. The topological polar surface area (TPSA) is 144 Å². The van der Waals surface area contributed by atoms with Gasteiger partial charge in [-0.1, -0.05) is 23.2 Å². The van der Waals surface area contributed by atoms with Crippen LogP contribution in [0.1, 0.15) is 11.5 Å². The van der Waals surface area contributed by atoms with E-state index in [1.807, 2.05) is 0 Å². The Morgan fingerprint density at radius 3 is 2.28 bits per heavy atom. The number of hydrogen-bond donors (Lipinski definition) is 3. The fourth-order valence-corrected chi connectivity index (χ4v) is 3.52. The fourth-order valence-electron chi connectivity index (χ4n) is 2.48. The Morgan fingerprint density at radius 1 is 1.00 bits per heavy atom. The number of nitrogens with one attached hydrogen (secondary N) is 2. The number of amides is 2. The van der Waals surface area contributed by atoms with Crippen LogP contribution in [0.5, 0.6) is 0 Å². The van der Waals surface area contributed by atoms with Crippen LogP contribution in [-0.4, -0.2) is 26.4 Å². The number of halogens is 2. The highest BCUT2D eigenvalue weighted by molar-refractivity contribution is 7.89. The maximum atomic E-state index is 12.0. The molecule has 0 saturated carbocycles. The molecule has 2 aromatic carbocycles. The van der Waals surface area contributed by atoms with E-state index in [0.29, 0.717) is 27.3 Å². The molecular weight excluding hydrogens is 479 g/mol. The molecule has 2 amide bonds. The van der Waals surface area contributed by atoms with Crippen LogP contribution in [0.3, 0.4) is 0 Å². The number of hydrogen-bond acceptors (Lipinski definition) is 6. The van der Waals surface area contributed by atoms with Gasteiger partial charge in [0, 0.05) is 15.7 Å². The second kappa shape index (κ2) is 9.96. The number of aliphatic imine (C=N–C) groups is 1. The summed E-state index contributed by atoms with van der Waals surface area (Å²) >= 11 is 11.7. The molecule has 32 heavy (non-hydrogen) atoms. The van der Waals surface area contributed by atoms with Crippen molar-refractivity contribution in [3.8, 4) is 0 Å². The molecule has 0 aliphatic heterocycles. The van der Waals surface area contributed by atoms with Crippen molar-refractivity contribution < 1.29 is 22.4 Å². The maximum Gasteiger partial charge on any atom is 0.313 e. The third-order valence-electron chi connectivity index (χ3n) is 3.94. The van der Waals surface area contributed by atoms with E-state index in [9.17, 15) is 18.0 Å². The Labute approximate surface area is 193 Å². The van der Waals surface area contributed by atoms with Crippen molar-refractivity contribution in [2.24, 2.45) is 10.1 Å². The molecule has 0 bridgehead atoms. The van der Waals surface area contributed by atoms with Gasteiger partial charge in [0.05, 0.1) is 23.3 Å². The summed E-state index contributed by atoms with van der Waals surface area (Å²) in [5.74, 6) is -0.979. The number of carbonyl (C=O) groups is 2. The molecule has 3 rings (SSSR count). The lowest BCUT2D eigenvalue weighted by Crippen LogP contribution is -2.34. The number of nitrogens with two attached hydrogens (primary N) is 1. The van der Waals surface area contributed by atoms with Crippen LogP contribution in [-0.2, 0) is 26.2 Å². The van der Waals surface area contributed by atoms with Gasteiger partial charge >= 0.3 is 11.8 Å². The van der Waals surface area contributed by atoms with Crippen molar-refractivity contribution in [3.63, 3.8) is 0 Å². The number of carbonyl (C=O) groups excluding carboxylic acids is 2. The molecule has 12 heteroatoms. The molecule has 4 N–H and O–H groups in total. The highest BCUT2D eigenvalue weighted by Gasteiger charge is 2.15. The van der Waals surface area contributed by atoms with E-state index in [2.05, 4.69) is 15.6 Å². The van der Waals surface area contributed by atoms with E-state index in [1.165, 1.54) is 48.7 Å². The molecule has 0 unspecified atom stereocenters. The Hall–Kier alpha value is -3.18. The average Bonchev–Trinajstić information content (AvgIpc) is 3.17. The standard InChI is InChI=1S/C20H16Cl2N4O5S/c21-12-7-13(22)9-15(8-12)26-20(28)19(27)25-11-17-4-3-16(31-17)10-24-14-1-5-18(6-2-14)32(23,29)30/h1-10H,11H2,(H,25,27)(H,26,28)(H2,23,29,30). The Morgan fingerprint density at radius 2 is 1.66 bits per heavy atom. The van der Waals surface area contributed by atoms with Gasteiger partial charge in [-0.15, -0.1) is 0 Å². The zero-order valence-electron chi connectivity index (χ0n) is 16.2. The molecular formula is C20H16Cl2N4O5S. The van der Waals surface area contributed by atoms with E-state index in [1.54, 1.807) is 12.1 Å². The van der Waals surface area contributed by atoms with Crippen LogP contribution in [0.25, 0.3) is 0 Å². The van der Waals surface area contributed by atoms with Crippen LogP contribution in [0.4, 0.5) is 11.4 Å². The summed E-state index contributed by atoms with van der Waals surface area (Å²) in [5, 5.41) is 10.5. The van der Waals surface area contributed by atoms with Gasteiger partial charge in [0.15, 0.2) is 0 Å². The minimum absolute atomic E-state index is 0.0185. The first-order valence-corrected chi connectivity index (χ1v) is 11.2. The lowest BCUT2D eigenvalue weighted by molar-refractivity contribution is -0.136. The first kappa shape index (κ1) is 23.5. The van der Waals surface area contributed by atoms with Crippen LogP contribution < -0.4 is 15.8 Å². The average molecular weight is 495 g/mol. The highest BCUT2D eigenvalue weighted by Crippen LogP contribution is 2.22. The van der Waals surface area contributed by atoms with E-state index >= 15 is 0 Å². The van der Waals surface area contributed by atoms with Gasteiger partial charge in [0.1, 0.15) is 11.5 Å². The van der Waals surface area contributed by atoms with Crippen molar-refractivity contribution >= 4 is 62.6 Å². The second-order valence-corrected chi connectivity index (χ2v) is 8.83. The molecule has 1 aromatic heterocycles. The number of anilines is 1. The molecule has 0 aliphatic carbocycles. The van der Waals surface area contributed by atoms with Crippen LogP contribution in [0.15, 0.2) is 68.9 Å². The molecule has 0 radical (unpaired) electrons. The fraction of sp³-hybridized carbons (Fsp3) is 0.0500. The zero-order valence-corrected chi connectivity index (χ0v) is 18.5. The van der Waals surface area contributed by atoms with Crippen LogP contribution in [0.2, 0.25) is 10.0 Å². The van der Waals surface area contributed by atoms with Gasteiger partial charge in [-0.2, -0.15) is 0 Å². The summed E-state index contributed by atoms with van der Waals surface area (Å²) < 4.78 is 28.0. The molecule has 0 spiro atoms. The lowest BCUT2D eigenvalue weighted by Gasteiger charge is -2.06. The van der Waals surface area contributed by atoms with Crippen LogP contribution >= 0.6 is 23.2 Å². The minimum atomic E-state index is -3.77. The van der Waals surface area contributed by atoms with Gasteiger partial charge in [-0.3, -0.25) is 14.6 Å². The third-order valence-corrected chi connectivity index (χ3v) is 5.30. The number of rotatable bonds is 6. The Kier molecular flexibility index (Phi) is 7.31. The predicted molar refractivity (Wildman–Crippen MR) is 121 cm³/mol. The number of nitrogens with zero attached hydrogens (tertiary/aromatic N) is 1. The monoisotopic (exact) mass is 494 g/mol. The predicted octanol–water partition coefficient (Wildman–Crippen LogP) is 3.24. The summed E-state index contributed by atoms with van der Waals surface area (Å²) in [6.45, 7) is -0.0283. The largest absolute Gasteiger partial charge is 0.458 e. The number of furan rings is 1. The molecule has 0 aliphatic rings. The molecule has 1 heterocycles. The lowest BCUT2D eigenvalue weighted by atomic mass is 10.3. The molecule has 0 atom stereocenters. The first-order chi connectivity index (χ1) is 15.1. The molecule has 0 fully saturated rings. The van der Waals surface area contributed by atoms with E-state index in [4.69, 9.17) is 32.8 Å². The summed E-state index contributed by atoms with van der Waals surface area (Å²) in [6.07, 6.45) is 1.42. The van der Waals surface area contributed by atoms with Gasteiger partial charge in [0.25, 0.3) is 0 Å². The first-order valence-electron chi connectivity index (χ1n) is 8.91. The van der Waals surface area contributed by atoms with E-state index < -0.39 is 21.8 Å². The summed E-state index contributed by atoms with van der Waals surface area (Å²) in [4.78, 5) is 28.1. The van der Waals surface area contributed by atoms with Crippen molar-refractivity contribution in [3.05, 3.63) is 76.2 Å². The zero-order chi connectivity index (χ0) is 23.3.